The van der Waals surface area contributed by atoms with E-state index in [-0.39, 0.29) is 10.0 Å². The third-order valence-corrected chi connectivity index (χ3v) is 2.99. The van der Waals surface area contributed by atoms with E-state index in [2.05, 4.69) is 10.6 Å². The van der Waals surface area contributed by atoms with Crippen molar-refractivity contribution in [2.24, 2.45) is 0 Å². The minimum absolute atomic E-state index is 0.0471. The molecule has 0 aliphatic rings. The second-order valence-corrected chi connectivity index (χ2v) is 4.91. The molecular formula is C12H15Cl2FN2OS. The average molecular weight is 325 g/mol. The Labute approximate surface area is 127 Å². The Balaban J connectivity index is 2.40. The van der Waals surface area contributed by atoms with Crippen LogP contribution in [0, 0.1) is 5.82 Å². The standard InChI is InChI=1S/C12H15Cl2FN2OS/c1-2-18-5-3-4-16-12(19)17-8-6-9(13)11(15)10(14)7-8/h6-7H,2-5H2,1H3,(H2,16,17,19). The molecule has 1 rings (SSSR count). The number of hydrogen-bond acceptors (Lipinski definition) is 2. The van der Waals surface area contributed by atoms with Gasteiger partial charge in [-0.25, -0.2) is 4.39 Å². The topological polar surface area (TPSA) is 33.3 Å². The molecule has 0 unspecified atom stereocenters. The number of thiocarbonyl (C=S) groups is 1. The Morgan fingerprint density at radius 2 is 2.00 bits per heavy atom. The monoisotopic (exact) mass is 324 g/mol. The van der Waals surface area contributed by atoms with Crippen molar-refractivity contribution in [1.29, 1.82) is 0 Å². The van der Waals surface area contributed by atoms with Gasteiger partial charge in [0, 0.05) is 25.4 Å². The van der Waals surface area contributed by atoms with Crippen LogP contribution in [0.4, 0.5) is 10.1 Å². The highest BCUT2D eigenvalue weighted by atomic mass is 35.5. The fraction of sp³-hybridized carbons (Fsp3) is 0.417. The molecule has 0 amide bonds. The van der Waals surface area contributed by atoms with Gasteiger partial charge in [-0.05, 0) is 37.7 Å². The highest BCUT2D eigenvalue weighted by Gasteiger charge is 2.08. The van der Waals surface area contributed by atoms with Crippen LogP contribution in [0.1, 0.15) is 13.3 Å². The summed E-state index contributed by atoms with van der Waals surface area (Å²) in [5.41, 5.74) is 0.540. The van der Waals surface area contributed by atoms with E-state index in [0.29, 0.717) is 30.6 Å². The van der Waals surface area contributed by atoms with Crippen LogP contribution in [-0.2, 0) is 4.74 Å². The lowest BCUT2D eigenvalue weighted by Crippen LogP contribution is -2.29. The zero-order chi connectivity index (χ0) is 14.3. The fourth-order valence-electron chi connectivity index (χ4n) is 1.32. The van der Waals surface area contributed by atoms with Crippen LogP contribution in [0.25, 0.3) is 0 Å². The summed E-state index contributed by atoms with van der Waals surface area (Å²) in [5.74, 6) is -0.635. The number of halogens is 3. The third-order valence-electron chi connectivity index (χ3n) is 2.20. The van der Waals surface area contributed by atoms with Gasteiger partial charge in [-0.2, -0.15) is 0 Å². The van der Waals surface area contributed by atoms with Gasteiger partial charge in [-0.3, -0.25) is 0 Å². The van der Waals surface area contributed by atoms with Gasteiger partial charge < -0.3 is 15.4 Å². The molecule has 19 heavy (non-hydrogen) atoms. The van der Waals surface area contributed by atoms with Gasteiger partial charge in [0.05, 0.1) is 10.0 Å². The molecule has 0 bridgehead atoms. The summed E-state index contributed by atoms with van der Waals surface area (Å²) in [6, 6.07) is 2.86. The Morgan fingerprint density at radius 1 is 1.37 bits per heavy atom. The number of nitrogens with one attached hydrogen (secondary N) is 2. The van der Waals surface area contributed by atoms with E-state index in [0.717, 1.165) is 6.42 Å². The molecule has 7 heteroatoms. The summed E-state index contributed by atoms with van der Waals surface area (Å²) >= 11 is 16.5. The smallest absolute Gasteiger partial charge is 0.170 e. The van der Waals surface area contributed by atoms with Gasteiger partial charge in [-0.1, -0.05) is 23.2 Å². The first-order valence-electron chi connectivity index (χ1n) is 5.81. The SMILES string of the molecule is CCOCCCNC(=S)Nc1cc(Cl)c(F)c(Cl)c1. The first-order chi connectivity index (χ1) is 9.04. The van der Waals surface area contributed by atoms with Crippen molar-refractivity contribution in [3.63, 3.8) is 0 Å². The van der Waals surface area contributed by atoms with E-state index in [9.17, 15) is 4.39 Å². The summed E-state index contributed by atoms with van der Waals surface area (Å²) in [7, 11) is 0. The van der Waals surface area contributed by atoms with Crippen molar-refractivity contribution in [2.75, 3.05) is 25.1 Å². The summed E-state index contributed by atoms with van der Waals surface area (Å²) in [6.45, 7) is 4.02. The van der Waals surface area contributed by atoms with Crippen LogP contribution in [0.3, 0.4) is 0 Å². The normalized spacial score (nSPS) is 10.3. The molecule has 0 spiro atoms. The van der Waals surface area contributed by atoms with Crippen LogP contribution in [0.2, 0.25) is 10.0 Å². The minimum atomic E-state index is -0.635. The molecule has 2 N–H and O–H groups in total. The molecule has 0 heterocycles. The first kappa shape index (κ1) is 16.4. The molecule has 0 atom stereocenters. The number of hydrogen-bond donors (Lipinski definition) is 2. The molecule has 0 saturated carbocycles. The predicted octanol–water partition coefficient (Wildman–Crippen LogP) is 3.85. The van der Waals surface area contributed by atoms with Gasteiger partial charge in [0.2, 0.25) is 0 Å². The quantitative estimate of drug-likeness (QED) is 0.473. The summed E-state index contributed by atoms with van der Waals surface area (Å²) in [5, 5.41) is 6.22. The third kappa shape index (κ3) is 5.91. The van der Waals surface area contributed by atoms with Crippen LogP contribution in [0.15, 0.2) is 12.1 Å². The second kappa shape index (κ2) is 8.53. The van der Waals surface area contributed by atoms with Crippen LogP contribution >= 0.6 is 35.4 Å². The Morgan fingerprint density at radius 3 is 2.58 bits per heavy atom. The highest BCUT2D eigenvalue weighted by molar-refractivity contribution is 7.80. The van der Waals surface area contributed by atoms with Crippen molar-refractivity contribution < 1.29 is 9.13 Å². The fourth-order valence-corrected chi connectivity index (χ4v) is 2.03. The first-order valence-corrected chi connectivity index (χ1v) is 6.98. The highest BCUT2D eigenvalue weighted by Crippen LogP contribution is 2.27. The second-order valence-electron chi connectivity index (χ2n) is 3.69. The van der Waals surface area contributed by atoms with Crippen molar-refractivity contribution in [3.05, 3.63) is 28.0 Å². The Kier molecular flexibility index (Phi) is 7.38. The largest absolute Gasteiger partial charge is 0.382 e. The molecular weight excluding hydrogens is 310 g/mol. The zero-order valence-electron chi connectivity index (χ0n) is 10.4. The van der Waals surface area contributed by atoms with Crippen molar-refractivity contribution >= 4 is 46.2 Å². The van der Waals surface area contributed by atoms with E-state index in [1.54, 1.807) is 0 Å². The maximum atomic E-state index is 13.2. The Bertz CT molecular complexity index is 423. The van der Waals surface area contributed by atoms with Crippen molar-refractivity contribution in [2.45, 2.75) is 13.3 Å². The number of rotatable bonds is 6. The van der Waals surface area contributed by atoms with E-state index in [1.807, 2.05) is 6.92 Å². The van der Waals surface area contributed by atoms with E-state index in [4.69, 9.17) is 40.2 Å². The van der Waals surface area contributed by atoms with Gasteiger partial charge in [0.25, 0.3) is 0 Å². The summed E-state index contributed by atoms with van der Waals surface area (Å²) < 4.78 is 18.4. The summed E-state index contributed by atoms with van der Waals surface area (Å²) in [6.07, 6.45) is 0.848. The molecule has 0 aliphatic carbocycles. The molecule has 0 fully saturated rings. The number of ether oxygens (including phenoxy) is 1. The molecule has 1 aromatic carbocycles. The van der Waals surface area contributed by atoms with Crippen molar-refractivity contribution in [1.82, 2.24) is 5.32 Å². The van der Waals surface area contributed by atoms with Gasteiger partial charge in [-0.15, -0.1) is 0 Å². The maximum absolute atomic E-state index is 13.2. The number of benzene rings is 1. The summed E-state index contributed by atoms with van der Waals surface area (Å²) in [4.78, 5) is 0. The average Bonchev–Trinajstić information content (AvgIpc) is 2.35. The molecule has 3 nitrogen and oxygen atoms in total. The maximum Gasteiger partial charge on any atom is 0.170 e. The minimum Gasteiger partial charge on any atom is -0.382 e. The van der Waals surface area contributed by atoms with Crippen LogP contribution in [-0.4, -0.2) is 24.9 Å². The van der Waals surface area contributed by atoms with E-state index in [1.165, 1.54) is 12.1 Å². The molecule has 1 aromatic rings. The zero-order valence-corrected chi connectivity index (χ0v) is 12.8. The molecule has 0 aliphatic heterocycles. The predicted molar refractivity (Wildman–Crippen MR) is 81.8 cm³/mol. The lowest BCUT2D eigenvalue weighted by atomic mass is 10.3. The lowest BCUT2D eigenvalue weighted by Gasteiger charge is -2.11. The van der Waals surface area contributed by atoms with Gasteiger partial charge in [0.15, 0.2) is 10.9 Å². The molecule has 106 valence electrons. The molecule has 0 aromatic heterocycles. The van der Waals surface area contributed by atoms with Gasteiger partial charge in [0.1, 0.15) is 0 Å². The van der Waals surface area contributed by atoms with E-state index >= 15 is 0 Å². The lowest BCUT2D eigenvalue weighted by molar-refractivity contribution is 0.146. The number of anilines is 1. The van der Waals surface area contributed by atoms with Gasteiger partial charge >= 0.3 is 0 Å². The Hall–Kier alpha value is -0.620. The molecule has 0 saturated heterocycles. The van der Waals surface area contributed by atoms with Crippen LogP contribution in [0.5, 0.6) is 0 Å². The van der Waals surface area contributed by atoms with E-state index < -0.39 is 5.82 Å². The van der Waals surface area contributed by atoms with Crippen molar-refractivity contribution in [3.8, 4) is 0 Å². The molecule has 0 radical (unpaired) electrons. The van der Waals surface area contributed by atoms with Crippen LogP contribution < -0.4 is 10.6 Å².